The topological polar surface area (TPSA) is 62.5 Å². The fraction of sp³-hybridized carbons (Fsp3) is 0.0909. The number of nitrogens with one attached hydrogen (secondary N) is 1. The lowest BCUT2D eigenvalue weighted by Gasteiger charge is -2.12. The summed E-state index contributed by atoms with van der Waals surface area (Å²) in [5.74, 6) is 0.526. The lowest BCUT2D eigenvalue weighted by atomic mass is 10.2. The van der Waals surface area contributed by atoms with Gasteiger partial charge in [-0.25, -0.2) is 9.97 Å². The van der Waals surface area contributed by atoms with E-state index in [1.807, 2.05) is 6.26 Å². The van der Waals surface area contributed by atoms with Crippen molar-refractivity contribution in [1.82, 2.24) is 9.97 Å². The molecule has 108 valence electrons. The Kier molecular flexibility index (Phi) is 4.37. The maximum Gasteiger partial charge on any atom is 0.190 e. The first kappa shape index (κ1) is 15.1. The van der Waals surface area contributed by atoms with Gasteiger partial charge in [0.2, 0.25) is 0 Å². The first-order valence-electron chi connectivity index (χ1n) is 5.54. The Morgan fingerprint density at radius 3 is 2.57 bits per heavy atom. The minimum Gasteiger partial charge on any atom is -0.337 e. The van der Waals surface area contributed by atoms with Gasteiger partial charge in [-0.05, 0) is 12.3 Å². The van der Waals surface area contributed by atoms with Crippen molar-refractivity contribution in [2.24, 2.45) is 8.73 Å². The summed E-state index contributed by atoms with van der Waals surface area (Å²) in [5.41, 5.74) is 1.78. The fourth-order valence-corrected chi connectivity index (χ4v) is 3.45. The molecule has 2 heterocycles. The van der Waals surface area contributed by atoms with Gasteiger partial charge in [0, 0.05) is 6.07 Å². The van der Waals surface area contributed by atoms with Crippen molar-refractivity contribution in [1.29, 1.82) is 0 Å². The Bertz CT molecular complexity index is 805. The molecule has 0 saturated carbocycles. The van der Waals surface area contributed by atoms with E-state index < -0.39 is 0 Å². The molecule has 0 unspecified atom stereocenters. The predicted octanol–water partition coefficient (Wildman–Crippen LogP) is 5.63. The van der Waals surface area contributed by atoms with Crippen LogP contribution in [-0.4, -0.2) is 16.2 Å². The first-order chi connectivity index (χ1) is 10.1. The van der Waals surface area contributed by atoms with Gasteiger partial charge in [-0.2, -0.15) is 8.73 Å². The molecule has 1 N–H and O–H groups in total. The maximum absolute atomic E-state index is 6.24. The summed E-state index contributed by atoms with van der Waals surface area (Å²) in [7, 11) is 0. The van der Waals surface area contributed by atoms with E-state index in [9.17, 15) is 0 Å². The van der Waals surface area contributed by atoms with E-state index in [4.69, 9.17) is 34.8 Å². The first-order valence-corrected chi connectivity index (χ1v) is 8.63. The third-order valence-corrected chi connectivity index (χ3v) is 4.41. The van der Waals surface area contributed by atoms with Crippen molar-refractivity contribution in [2.45, 2.75) is 5.16 Å². The van der Waals surface area contributed by atoms with Crippen LogP contribution < -0.4 is 5.32 Å². The largest absolute Gasteiger partial charge is 0.337 e. The number of fused-ring (bicyclic) bond motifs is 1. The maximum atomic E-state index is 6.24. The van der Waals surface area contributed by atoms with Crippen LogP contribution in [0.1, 0.15) is 0 Å². The third-order valence-electron chi connectivity index (χ3n) is 2.55. The van der Waals surface area contributed by atoms with Crippen LogP contribution >= 0.6 is 46.6 Å². The summed E-state index contributed by atoms with van der Waals surface area (Å²) in [5, 5.41) is 4.90. The molecule has 1 aliphatic heterocycles. The molecule has 0 fully saturated rings. The molecule has 1 aromatic carbocycles. The lowest BCUT2D eigenvalue weighted by Crippen LogP contribution is -1.98. The molecule has 0 aliphatic carbocycles. The van der Waals surface area contributed by atoms with E-state index in [2.05, 4.69) is 24.0 Å². The molecule has 0 saturated heterocycles. The van der Waals surface area contributed by atoms with Gasteiger partial charge in [-0.1, -0.05) is 46.6 Å². The molecule has 0 bridgehead atoms. The van der Waals surface area contributed by atoms with Crippen LogP contribution in [-0.2, 0) is 11.4 Å². The van der Waals surface area contributed by atoms with Crippen molar-refractivity contribution in [3.05, 3.63) is 27.3 Å². The van der Waals surface area contributed by atoms with Crippen LogP contribution in [0.3, 0.4) is 0 Å². The summed E-state index contributed by atoms with van der Waals surface area (Å²) in [4.78, 5) is 8.40. The number of hydrogen-bond acceptors (Lipinski definition) is 6. The normalized spacial score (nSPS) is 12.2. The summed E-state index contributed by atoms with van der Waals surface area (Å²) in [6, 6.07) is 3.23. The molecule has 1 aromatic heterocycles. The summed E-state index contributed by atoms with van der Waals surface area (Å²) < 4.78 is 8.37. The van der Waals surface area contributed by atoms with Gasteiger partial charge < -0.3 is 5.32 Å². The third kappa shape index (κ3) is 3.02. The van der Waals surface area contributed by atoms with Crippen LogP contribution in [0.4, 0.5) is 22.9 Å². The van der Waals surface area contributed by atoms with Crippen molar-refractivity contribution < 1.29 is 0 Å². The van der Waals surface area contributed by atoms with Crippen LogP contribution in [0.25, 0.3) is 0 Å². The molecule has 0 spiro atoms. The number of aromatic nitrogens is 2. The molecular weight excluding hydrogens is 373 g/mol. The molecule has 0 radical (unpaired) electrons. The Hall–Kier alpha value is -0.860. The summed E-state index contributed by atoms with van der Waals surface area (Å²) in [6.07, 6.45) is 1.87. The highest BCUT2D eigenvalue weighted by atomic mass is 35.5. The smallest absolute Gasteiger partial charge is 0.190 e. The zero-order chi connectivity index (χ0) is 15.0. The summed E-state index contributed by atoms with van der Waals surface area (Å²) in [6.45, 7) is 0. The van der Waals surface area contributed by atoms with Gasteiger partial charge in [-0.15, -0.1) is 0 Å². The molecule has 0 atom stereocenters. The van der Waals surface area contributed by atoms with Gasteiger partial charge in [0.1, 0.15) is 22.3 Å². The molecule has 21 heavy (non-hydrogen) atoms. The zero-order valence-corrected chi connectivity index (χ0v) is 14.3. The monoisotopic (exact) mass is 377 g/mol. The number of thioether (sulfide) groups is 1. The highest BCUT2D eigenvalue weighted by Crippen LogP contribution is 2.48. The van der Waals surface area contributed by atoms with Crippen molar-refractivity contribution in [2.75, 3.05) is 11.6 Å². The van der Waals surface area contributed by atoms with Gasteiger partial charge in [-0.3, -0.25) is 0 Å². The lowest BCUT2D eigenvalue weighted by molar-refractivity contribution is 0.976. The van der Waals surface area contributed by atoms with Crippen LogP contribution in [0.15, 0.2) is 26.0 Å². The van der Waals surface area contributed by atoms with Gasteiger partial charge >= 0.3 is 0 Å². The zero-order valence-electron chi connectivity index (χ0n) is 10.4. The molecular formula is C11H6Cl3N5S2. The number of halogens is 3. The van der Waals surface area contributed by atoms with E-state index in [0.29, 0.717) is 43.2 Å². The molecule has 0 amide bonds. The highest BCUT2D eigenvalue weighted by Gasteiger charge is 2.19. The number of anilines is 2. The Balaban J connectivity index is 2.06. The average molecular weight is 379 g/mol. The van der Waals surface area contributed by atoms with Crippen molar-refractivity contribution in [3.63, 3.8) is 0 Å². The van der Waals surface area contributed by atoms with Gasteiger partial charge in [0.15, 0.2) is 5.16 Å². The van der Waals surface area contributed by atoms with E-state index >= 15 is 0 Å². The minimum absolute atomic E-state index is 0.342. The number of hydrogen-bond donors (Lipinski definition) is 1. The fourth-order valence-electron chi connectivity index (χ4n) is 1.67. The van der Waals surface area contributed by atoms with Crippen LogP contribution in [0.5, 0.6) is 0 Å². The summed E-state index contributed by atoms with van der Waals surface area (Å²) >= 11 is 20.8. The van der Waals surface area contributed by atoms with E-state index in [1.54, 1.807) is 12.1 Å². The SMILES string of the molecule is CSc1nc(Cl)cc(Nc2c(Cl)cc(Cl)c3c2N=S=N3)n1. The molecule has 5 nitrogen and oxygen atoms in total. The van der Waals surface area contributed by atoms with Gasteiger partial charge in [0.05, 0.1) is 27.1 Å². The number of benzene rings is 1. The minimum atomic E-state index is 0.342. The second-order valence-corrected chi connectivity index (χ2v) is 6.37. The Morgan fingerprint density at radius 2 is 1.81 bits per heavy atom. The van der Waals surface area contributed by atoms with Crippen LogP contribution in [0.2, 0.25) is 15.2 Å². The van der Waals surface area contributed by atoms with E-state index in [1.165, 1.54) is 11.8 Å². The molecule has 1 aliphatic rings. The van der Waals surface area contributed by atoms with Crippen LogP contribution in [0, 0.1) is 0 Å². The predicted molar refractivity (Wildman–Crippen MR) is 90.1 cm³/mol. The second-order valence-electron chi connectivity index (χ2n) is 3.86. The number of rotatable bonds is 3. The highest BCUT2D eigenvalue weighted by molar-refractivity contribution is 7.98. The number of nitrogens with zero attached hydrogens (tertiary/aromatic N) is 4. The average Bonchev–Trinajstić information content (AvgIpc) is 2.92. The Morgan fingerprint density at radius 1 is 1.05 bits per heavy atom. The standard InChI is InChI=1S/C11H6Cl3N5S2/c1-20-11-15-6(14)3-7(17-11)16-8-4(12)2-5(13)9-10(8)19-21-18-9/h2-3H,1H3,(H,15,16,17). The molecule has 10 heteroatoms. The van der Waals surface area contributed by atoms with Crippen molar-refractivity contribution >= 4 is 80.8 Å². The van der Waals surface area contributed by atoms with E-state index in [-0.39, 0.29) is 0 Å². The van der Waals surface area contributed by atoms with Gasteiger partial charge in [0.25, 0.3) is 0 Å². The molecule has 3 rings (SSSR count). The van der Waals surface area contributed by atoms with E-state index in [0.717, 1.165) is 11.4 Å². The Labute approximate surface area is 143 Å². The second kappa shape index (κ2) is 6.10. The quantitative estimate of drug-likeness (QED) is 0.364. The molecule has 2 aromatic rings. The van der Waals surface area contributed by atoms with Crippen molar-refractivity contribution in [3.8, 4) is 0 Å².